The van der Waals surface area contributed by atoms with Gasteiger partial charge in [-0.2, -0.15) is 4.31 Å². The molecule has 33 heavy (non-hydrogen) atoms. The standard InChI is InChI=1S/C24H25ClN2O5S/c1-17-5-4-6-18(13-17)15-27(33(29,30)21-10-7-19(25)8-11-21)16-24(28)26-20-9-12-22(31-2)23(14-20)32-3/h4-14H,15-16H2,1-3H3,(H,26,28). The van der Waals surface area contributed by atoms with Gasteiger partial charge in [0.15, 0.2) is 11.5 Å². The van der Waals surface area contributed by atoms with Crippen LogP contribution < -0.4 is 14.8 Å². The van der Waals surface area contributed by atoms with Crippen LogP contribution in [0.15, 0.2) is 71.6 Å². The van der Waals surface area contributed by atoms with Crippen LogP contribution in [0, 0.1) is 6.92 Å². The molecule has 0 fully saturated rings. The molecular weight excluding hydrogens is 464 g/mol. The molecule has 0 atom stereocenters. The molecule has 3 aromatic carbocycles. The molecule has 0 aliphatic rings. The minimum Gasteiger partial charge on any atom is -0.493 e. The molecule has 7 nitrogen and oxygen atoms in total. The number of methoxy groups -OCH3 is 2. The van der Waals surface area contributed by atoms with E-state index in [1.807, 2.05) is 31.2 Å². The van der Waals surface area contributed by atoms with Gasteiger partial charge >= 0.3 is 0 Å². The van der Waals surface area contributed by atoms with E-state index in [2.05, 4.69) is 5.32 Å². The normalized spacial score (nSPS) is 11.3. The monoisotopic (exact) mass is 488 g/mol. The number of anilines is 1. The average Bonchev–Trinajstić information content (AvgIpc) is 2.79. The summed E-state index contributed by atoms with van der Waals surface area (Å²) in [5.74, 6) is 0.468. The number of sulfonamides is 1. The topological polar surface area (TPSA) is 84.9 Å². The molecular formula is C24H25ClN2O5S. The van der Waals surface area contributed by atoms with Gasteiger partial charge in [-0.15, -0.1) is 0 Å². The van der Waals surface area contributed by atoms with Crippen LogP contribution >= 0.6 is 11.6 Å². The van der Waals surface area contributed by atoms with Gasteiger partial charge in [0.2, 0.25) is 15.9 Å². The van der Waals surface area contributed by atoms with Crippen LogP contribution in [0.5, 0.6) is 11.5 Å². The van der Waals surface area contributed by atoms with Crippen molar-refractivity contribution in [2.24, 2.45) is 0 Å². The molecule has 0 saturated heterocycles. The van der Waals surface area contributed by atoms with Crippen molar-refractivity contribution in [3.63, 3.8) is 0 Å². The molecule has 0 bridgehead atoms. The second kappa shape index (κ2) is 10.7. The van der Waals surface area contributed by atoms with E-state index in [0.29, 0.717) is 22.2 Å². The van der Waals surface area contributed by atoms with Gasteiger partial charge in [0, 0.05) is 23.3 Å². The first-order valence-corrected chi connectivity index (χ1v) is 11.9. The maximum absolute atomic E-state index is 13.4. The second-order valence-electron chi connectivity index (χ2n) is 7.33. The highest BCUT2D eigenvalue weighted by atomic mass is 35.5. The lowest BCUT2D eigenvalue weighted by Crippen LogP contribution is -2.37. The van der Waals surface area contributed by atoms with Crippen molar-refractivity contribution in [3.8, 4) is 11.5 Å². The predicted octanol–water partition coefficient (Wildman–Crippen LogP) is 4.50. The van der Waals surface area contributed by atoms with E-state index in [-0.39, 0.29) is 18.0 Å². The van der Waals surface area contributed by atoms with Gasteiger partial charge in [0.25, 0.3) is 0 Å². The molecule has 3 aromatic rings. The Hall–Kier alpha value is -3.07. The summed E-state index contributed by atoms with van der Waals surface area (Å²) in [5, 5.41) is 3.15. The minimum absolute atomic E-state index is 0.0337. The number of ether oxygens (including phenoxy) is 2. The maximum atomic E-state index is 13.4. The Morgan fingerprint density at radius 2 is 1.67 bits per heavy atom. The number of halogens is 1. The van der Waals surface area contributed by atoms with Crippen molar-refractivity contribution in [1.29, 1.82) is 0 Å². The zero-order valence-corrected chi connectivity index (χ0v) is 20.1. The van der Waals surface area contributed by atoms with E-state index < -0.39 is 15.9 Å². The molecule has 0 aliphatic heterocycles. The van der Waals surface area contributed by atoms with Gasteiger partial charge < -0.3 is 14.8 Å². The highest BCUT2D eigenvalue weighted by molar-refractivity contribution is 7.89. The van der Waals surface area contributed by atoms with E-state index in [1.165, 1.54) is 38.5 Å². The fraction of sp³-hybridized carbons (Fsp3) is 0.208. The fourth-order valence-electron chi connectivity index (χ4n) is 3.27. The van der Waals surface area contributed by atoms with E-state index in [4.69, 9.17) is 21.1 Å². The summed E-state index contributed by atoms with van der Waals surface area (Å²) < 4.78 is 38.3. The largest absolute Gasteiger partial charge is 0.493 e. The molecule has 1 N–H and O–H groups in total. The van der Waals surface area contributed by atoms with Gasteiger partial charge in [0.05, 0.1) is 25.7 Å². The SMILES string of the molecule is COc1ccc(NC(=O)CN(Cc2cccc(C)c2)S(=O)(=O)c2ccc(Cl)cc2)cc1OC. The molecule has 0 aromatic heterocycles. The fourth-order valence-corrected chi connectivity index (χ4v) is 4.78. The third-order valence-electron chi connectivity index (χ3n) is 4.88. The van der Waals surface area contributed by atoms with Crippen LogP contribution in [0.2, 0.25) is 5.02 Å². The highest BCUT2D eigenvalue weighted by Crippen LogP contribution is 2.30. The van der Waals surface area contributed by atoms with Gasteiger partial charge in [-0.1, -0.05) is 41.4 Å². The average molecular weight is 489 g/mol. The summed E-state index contributed by atoms with van der Waals surface area (Å²) in [6.07, 6.45) is 0. The number of carbonyl (C=O) groups is 1. The van der Waals surface area contributed by atoms with Crippen LogP contribution in [-0.4, -0.2) is 39.4 Å². The van der Waals surface area contributed by atoms with Gasteiger partial charge in [-0.05, 0) is 48.9 Å². The number of hydrogen-bond acceptors (Lipinski definition) is 5. The lowest BCUT2D eigenvalue weighted by molar-refractivity contribution is -0.116. The van der Waals surface area contributed by atoms with Gasteiger partial charge in [-0.25, -0.2) is 8.42 Å². The van der Waals surface area contributed by atoms with Crippen LogP contribution in [-0.2, 0) is 21.4 Å². The molecule has 0 heterocycles. The van der Waals surface area contributed by atoms with Crippen molar-refractivity contribution in [2.75, 3.05) is 26.1 Å². The number of nitrogens with one attached hydrogen (secondary N) is 1. The first-order valence-electron chi connectivity index (χ1n) is 10.1. The molecule has 0 radical (unpaired) electrons. The molecule has 1 amide bonds. The minimum atomic E-state index is -3.97. The summed E-state index contributed by atoms with van der Waals surface area (Å²) in [4.78, 5) is 12.9. The Balaban J connectivity index is 1.87. The molecule has 9 heteroatoms. The third-order valence-corrected chi connectivity index (χ3v) is 6.94. The molecule has 3 rings (SSSR count). The van der Waals surface area contributed by atoms with Crippen molar-refractivity contribution < 1.29 is 22.7 Å². The van der Waals surface area contributed by atoms with E-state index in [1.54, 1.807) is 18.2 Å². The summed E-state index contributed by atoms with van der Waals surface area (Å²) in [6.45, 7) is 1.57. The predicted molar refractivity (Wildman–Crippen MR) is 128 cm³/mol. The van der Waals surface area contributed by atoms with Crippen LogP contribution in [0.3, 0.4) is 0 Å². The van der Waals surface area contributed by atoms with Crippen LogP contribution in [0.1, 0.15) is 11.1 Å². The number of aryl methyl sites for hydroxylation is 1. The molecule has 0 aliphatic carbocycles. The van der Waals surface area contributed by atoms with E-state index in [0.717, 1.165) is 15.4 Å². The lowest BCUT2D eigenvalue weighted by Gasteiger charge is -2.22. The first kappa shape index (κ1) is 24.6. The Morgan fingerprint density at radius 3 is 2.30 bits per heavy atom. The number of carbonyl (C=O) groups excluding carboxylic acids is 1. The van der Waals surface area contributed by atoms with Crippen molar-refractivity contribution in [3.05, 3.63) is 82.9 Å². The zero-order valence-electron chi connectivity index (χ0n) is 18.5. The Bertz CT molecular complexity index is 1230. The smallest absolute Gasteiger partial charge is 0.243 e. The number of nitrogens with zero attached hydrogens (tertiary/aromatic N) is 1. The first-order chi connectivity index (χ1) is 15.7. The Labute approximate surface area is 198 Å². The maximum Gasteiger partial charge on any atom is 0.243 e. The van der Waals surface area contributed by atoms with Crippen molar-refractivity contribution >= 4 is 33.2 Å². The number of amides is 1. The van der Waals surface area contributed by atoms with Crippen molar-refractivity contribution in [2.45, 2.75) is 18.4 Å². The quantitative estimate of drug-likeness (QED) is 0.479. The summed E-state index contributed by atoms with van der Waals surface area (Å²) in [5.41, 5.74) is 2.22. The van der Waals surface area contributed by atoms with Gasteiger partial charge in [0.1, 0.15) is 0 Å². The van der Waals surface area contributed by atoms with Crippen LogP contribution in [0.25, 0.3) is 0 Å². The Kier molecular flexibility index (Phi) is 7.97. The molecule has 0 unspecified atom stereocenters. The van der Waals surface area contributed by atoms with Gasteiger partial charge in [-0.3, -0.25) is 4.79 Å². The van der Waals surface area contributed by atoms with Crippen LogP contribution in [0.4, 0.5) is 5.69 Å². The molecule has 174 valence electrons. The zero-order chi connectivity index (χ0) is 24.0. The summed E-state index contributed by atoms with van der Waals surface area (Å²) in [7, 11) is -0.964. The number of benzene rings is 3. The third kappa shape index (κ3) is 6.25. The van der Waals surface area contributed by atoms with Crippen molar-refractivity contribution in [1.82, 2.24) is 4.31 Å². The Morgan fingerprint density at radius 1 is 0.970 bits per heavy atom. The van der Waals surface area contributed by atoms with E-state index >= 15 is 0 Å². The lowest BCUT2D eigenvalue weighted by atomic mass is 10.1. The molecule has 0 saturated carbocycles. The number of hydrogen-bond donors (Lipinski definition) is 1. The highest BCUT2D eigenvalue weighted by Gasteiger charge is 2.27. The summed E-state index contributed by atoms with van der Waals surface area (Å²) in [6, 6.07) is 18.2. The summed E-state index contributed by atoms with van der Waals surface area (Å²) >= 11 is 5.92. The number of rotatable bonds is 9. The second-order valence-corrected chi connectivity index (χ2v) is 9.71. The van der Waals surface area contributed by atoms with E-state index in [9.17, 15) is 13.2 Å². The molecule has 0 spiro atoms.